The van der Waals surface area contributed by atoms with Gasteiger partial charge in [-0.3, -0.25) is 4.68 Å². The molecule has 0 aliphatic rings. The summed E-state index contributed by atoms with van der Waals surface area (Å²) in [6.07, 6.45) is 0. The van der Waals surface area contributed by atoms with Gasteiger partial charge in [-0.2, -0.15) is 5.10 Å². The number of hydrogen-bond acceptors (Lipinski definition) is 2. The first-order chi connectivity index (χ1) is 6.16. The lowest BCUT2D eigenvalue weighted by Crippen LogP contribution is -2.20. The molecule has 0 saturated heterocycles. The Hall–Kier alpha value is -0.350. The molecule has 0 unspecified atom stereocenters. The number of halogens is 1. The van der Waals surface area contributed by atoms with Gasteiger partial charge in [-0.1, -0.05) is 6.92 Å². The highest BCUT2D eigenvalue weighted by Crippen LogP contribution is 2.19. The molecule has 4 heteroatoms. The average molecular weight is 246 g/mol. The molecule has 0 bridgehead atoms. The highest BCUT2D eigenvalue weighted by Gasteiger charge is 2.07. The van der Waals surface area contributed by atoms with Crippen LogP contribution in [0, 0.1) is 13.8 Å². The van der Waals surface area contributed by atoms with Crippen LogP contribution in [0.5, 0.6) is 0 Å². The summed E-state index contributed by atoms with van der Waals surface area (Å²) in [4.78, 5) is 0. The molecule has 0 atom stereocenters. The molecule has 0 spiro atoms. The molecule has 0 radical (unpaired) electrons. The van der Waals surface area contributed by atoms with Crippen LogP contribution in [0.15, 0.2) is 4.47 Å². The Morgan fingerprint density at radius 3 is 2.62 bits per heavy atom. The monoisotopic (exact) mass is 245 g/mol. The van der Waals surface area contributed by atoms with E-state index in [1.807, 2.05) is 11.6 Å². The van der Waals surface area contributed by atoms with E-state index >= 15 is 0 Å². The van der Waals surface area contributed by atoms with E-state index < -0.39 is 0 Å². The van der Waals surface area contributed by atoms with Crippen molar-refractivity contribution in [3.8, 4) is 0 Å². The molecule has 0 aliphatic heterocycles. The lowest BCUT2D eigenvalue weighted by Gasteiger charge is -2.04. The Bertz CT molecular complexity index is 281. The Labute approximate surface area is 87.6 Å². The van der Waals surface area contributed by atoms with Gasteiger partial charge in [0.2, 0.25) is 0 Å². The first-order valence-electron chi connectivity index (χ1n) is 4.57. The van der Waals surface area contributed by atoms with E-state index in [4.69, 9.17) is 0 Å². The third-order valence-corrected chi connectivity index (χ3v) is 3.19. The van der Waals surface area contributed by atoms with Crippen LogP contribution in [0.3, 0.4) is 0 Å². The van der Waals surface area contributed by atoms with Gasteiger partial charge in [0.1, 0.15) is 0 Å². The zero-order valence-electron chi connectivity index (χ0n) is 8.39. The topological polar surface area (TPSA) is 29.9 Å². The van der Waals surface area contributed by atoms with Gasteiger partial charge in [-0.05, 0) is 36.3 Å². The summed E-state index contributed by atoms with van der Waals surface area (Å²) in [5.41, 5.74) is 2.27. The van der Waals surface area contributed by atoms with Crippen molar-refractivity contribution in [2.75, 3.05) is 13.1 Å². The predicted molar refractivity (Wildman–Crippen MR) is 57.9 cm³/mol. The number of nitrogens with zero attached hydrogens (tertiary/aromatic N) is 2. The molecule has 1 N–H and O–H groups in total. The Balaban J connectivity index is 2.61. The molecular weight excluding hydrogens is 230 g/mol. The van der Waals surface area contributed by atoms with Crippen molar-refractivity contribution in [2.24, 2.45) is 0 Å². The van der Waals surface area contributed by atoms with Crippen LogP contribution in [0.4, 0.5) is 0 Å². The summed E-state index contributed by atoms with van der Waals surface area (Å²) in [7, 11) is 0. The van der Waals surface area contributed by atoms with Crippen LogP contribution in [-0.2, 0) is 6.54 Å². The van der Waals surface area contributed by atoms with Crippen LogP contribution in [0.25, 0.3) is 0 Å². The molecule has 0 saturated carbocycles. The first-order valence-corrected chi connectivity index (χ1v) is 5.36. The van der Waals surface area contributed by atoms with Crippen molar-refractivity contribution < 1.29 is 0 Å². The van der Waals surface area contributed by atoms with E-state index in [-0.39, 0.29) is 0 Å². The van der Waals surface area contributed by atoms with Crippen LogP contribution in [0.1, 0.15) is 18.3 Å². The minimum absolute atomic E-state index is 0.937. The molecule has 0 aliphatic carbocycles. The Kier molecular flexibility index (Phi) is 3.93. The van der Waals surface area contributed by atoms with Gasteiger partial charge in [0.05, 0.1) is 16.7 Å². The van der Waals surface area contributed by atoms with Gasteiger partial charge in [0.25, 0.3) is 0 Å². The van der Waals surface area contributed by atoms with E-state index in [1.165, 1.54) is 5.69 Å². The second-order valence-corrected chi connectivity index (χ2v) is 3.85. The van der Waals surface area contributed by atoms with Crippen LogP contribution in [-0.4, -0.2) is 22.9 Å². The molecule has 74 valence electrons. The van der Waals surface area contributed by atoms with E-state index in [0.717, 1.165) is 29.8 Å². The van der Waals surface area contributed by atoms with Gasteiger partial charge < -0.3 is 5.32 Å². The minimum Gasteiger partial charge on any atom is -0.315 e. The highest BCUT2D eigenvalue weighted by atomic mass is 79.9. The third-order valence-electron chi connectivity index (χ3n) is 2.04. The van der Waals surface area contributed by atoms with Crippen LogP contribution >= 0.6 is 15.9 Å². The largest absolute Gasteiger partial charge is 0.315 e. The quantitative estimate of drug-likeness (QED) is 0.822. The normalized spacial score (nSPS) is 10.8. The summed E-state index contributed by atoms with van der Waals surface area (Å²) >= 11 is 3.51. The SMILES string of the molecule is CCNCCn1nc(C)c(Br)c1C. The highest BCUT2D eigenvalue weighted by molar-refractivity contribution is 9.10. The molecule has 1 heterocycles. The fourth-order valence-corrected chi connectivity index (χ4v) is 1.54. The second-order valence-electron chi connectivity index (χ2n) is 3.06. The van der Waals surface area contributed by atoms with Crippen LogP contribution < -0.4 is 5.32 Å². The second kappa shape index (κ2) is 4.77. The molecule has 13 heavy (non-hydrogen) atoms. The van der Waals surface area contributed by atoms with Crippen molar-refractivity contribution in [3.63, 3.8) is 0 Å². The number of aryl methyl sites for hydroxylation is 1. The van der Waals surface area contributed by atoms with E-state index in [9.17, 15) is 0 Å². The zero-order valence-corrected chi connectivity index (χ0v) is 9.98. The number of nitrogens with one attached hydrogen (secondary N) is 1. The van der Waals surface area contributed by atoms with E-state index in [2.05, 4.69) is 40.2 Å². The van der Waals surface area contributed by atoms with Crippen LogP contribution in [0.2, 0.25) is 0 Å². The molecule has 1 aromatic heterocycles. The lowest BCUT2D eigenvalue weighted by molar-refractivity contribution is 0.551. The molecular formula is C9H16BrN3. The van der Waals surface area contributed by atoms with Crippen molar-refractivity contribution in [1.29, 1.82) is 0 Å². The molecule has 0 amide bonds. The smallest absolute Gasteiger partial charge is 0.0738 e. The molecule has 0 aromatic carbocycles. The van der Waals surface area contributed by atoms with E-state index in [0.29, 0.717) is 0 Å². The summed E-state index contributed by atoms with van der Waals surface area (Å²) in [6, 6.07) is 0. The number of aromatic nitrogens is 2. The lowest BCUT2D eigenvalue weighted by atomic mass is 10.4. The third kappa shape index (κ3) is 2.54. The maximum atomic E-state index is 4.41. The fourth-order valence-electron chi connectivity index (χ4n) is 1.25. The van der Waals surface area contributed by atoms with Crippen molar-refractivity contribution >= 4 is 15.9 Å². The van der Waals surface area contributed by atoms with Gasteiger partial charge in [-0.15, -0.1) is 0 Å². The van der Waals surface area contributed by atoms with Gasteiger partial charge in [0, 0.05) is 12.2 Å². The van der Waals surface area contributed by atoms with Crippen molar-refractivity contribution in [1.82, 2.24) is 15.1 Å². The summed E-state index contributed by atoms with van der Waals surface area (Å²) in [5.74, 6) is 0. The maximum absolute atomic E-state index is 4.41. The Morgan fingerprint density at radius 2 is 2.15 bits per heavy atom. The van der Waals surface area contributed by atoms with Crippen molar-refractivity contribution in [2.45, 2.75) is 27.3 Å². The molecule has 1 aromatic rings. The zero-order chi connectivity index (χ0) is 9.84. The van der Waals surface area contributed by atoms with E-state index in [1.54, 1.807) is 0 Å². The average Bonchev–Trinajstić information content (AvgIpc) is 2.34. The molecule has 1 rings (SSSR count). The van der Waals surface area contributed by atoms with Gasteiger partial charge in [-0.25, -0.2) is 0 Å². The van der Waals surface area contributed by atoms with Gasteiger partial charge >= 0.3 is 0 Å². The summed E-state index contributed by atoms with van der Waals surface area (Å²) in [6.45, 7) is 9.13. The minimum atomic E-state index is 0.937. The van der Waals surface area contributed by atoms with Gasteiger partial charge in [0.15, 0.2) is 0 Å². The predicted octanol–water partition coefficient (Wildman–Crippen LogP) is 1.87. The summed E-state index contributed by atoms with van der Waals surface area (Å²) in [5, 5.41) is 7.69. The number of rotatable bonds is 4. The Morgan fingerprint density at radius 1 is 1.46 bits per heavy atom. The first kappa shape index (κ1) is 10.7. The number of likely N-dealkylation sites (N-methyl/N-ethyl adjacent to an activating group) is 1. The summed E-state index contributed by atoms with van der Waals surface area (Å²) < 4.78 is 3.16. The molecule has 0 fully saturated rings. The fraction of sp³-hybridized carbons (Fsp3) is 0.667. The maximum Gasteiger partial charge on any atom is 0.0738 e. The molecule has 3 nitrogen and oxygen atoms in total. The standard InChI is InChI=1S/C9H16BrN3/c1-4-11-5-6-13-8(3)9(10)7(2)12-13/h11H,4-6H2,1-3H3. The van der Waals surface area contributed by atoms with Crippen molar-refractivity contribution in [3.05, 3.63) is 15.9 Å². The number of hydrogen-bond donors (Lipinski definition) is 1.